The number of piperazine rings is 1. The third kappa shape index (κ3) is 5.83. The van der Waals surface area contributed by atoms with E-state index in [-0.39, 0.29) is 23.1 Å². The minimum absolute atomic E-state index is 0.00538. The fraction of sp³-hybridized carbons (Fsp3) is 0.522. The highest BCUT2D eigenvalue weighted by Gasteiger charge is 2.27. The lowest BCUT2D eigenvalue weighted by atomic mass is 10.1. The number of hydrogen-bond donors (Lipinski definition) is 1. The molecule has 8 heteroatoms. The Balaban J connectivity index is 1.80. The number of carbonyl (C=O) groups is 2. The average Bonchev–Trinajstić information content (AvgIpc) is 3.19. The van der Waals surface area contributed by atoms with Crippen molar-refractivity contribution in [3.63, 3.8) is 0 Å². The molecule has 1 aliphatic rings. The molecule has 0 aromatic carbocycles. The van der Waals surface area contributed by atoms with Crippen LogP contribution in [0.15, 0.2) is 34.7 Å². The van der Waals surface area contributed by atoms with Crippen molar-refractivity contribution in [2.24, 2.45) is 0 Å². The second-order valence-electron chi connectivity index (χ2n) is 9.31. The maximum Gasteiger partial charge on any atom is 0.259 e. The SMILES string of the molecule is CC(C)n1cc(C(=O)NC(C)(C)C)c(=O)c(C(=O)N2CCN(Cc3cccs3)CC2)c1. The molecule has 2 aromatic heterocycles. The molecule has 0 atom stereocenters. The Morgan fingerprint density at radius 3 is 2.29 bits per heavy atom. The molecule has 0 aliphatic carbocycles. The smallest absolute Gasteiger partial charge is 0.259 e. The van der Waals surface area contributed by atoms with E-state index in [0.29, 0.717) is 13.1 Å². The zero-order valence-electron chi connectivity index (χ0n) is 19.0. The number of aromatic nitrogens is 1. The summed E-state index contributed by atoms with van der Waals surface area (Å²) in [7, 11) is 0. The minimum Gasteiger partial charge on any atom is -0.350 e. The number of nitrogens with one attached hydrogen (secondary N) is 1. The van der Waals surface area contributed by atoms with Gasteiger partial charge in [0.1, 0.15) is 11.1 Å². The van der Waals surface area contributed by atoms with Gasteiger partial charge in [0.25, 0.3) is 11.8 Å². The summed E-state index contributed by atoms with van der Waals surface area (Å²) in [4.78, 5) is 44.4. The highest BCUT2D eigenvalue weighted by molar-refractivity contribution is 7.09. The van der Waals surface area contributed by atoms with Gasteiger partial charge in [-0.1, -0.05) is 6.07 Å². The van der Waals surface area contributed by atoms with Gasteiger partial charge in [-0.3, -0.25) is 19.3 Å². The van der Waals surface area contributed by atoms with Crippen LogP contribution in [-0.2, 0) is 6.54 Å². The second kappa shape index (κ2) is 9.36. The molecule has 3 heterocycles. The van der Waals surface area contributed by atoms with Gasteiger partial charge in [-0.05, 0) is 46.1 Å². The van der Waals surface area contributed by atoms with Gasteiger partial charge in [0.05, 0.1) is 0 Å². The van der Waals surface area contributed by atoms with Crippen molar-refractivity contribution in [1.29, 1.82) is 0 Å². The molecule has 2 aromatic rings. The predicted octanol–water partition coefficient (Wildman–Crippen LogP) is 2.98. The van der Waals surface area contributed by atoms with E-state index < -0.39 is 16.9 Å². The fourth-order valence-corrected chi connectivity index (χ4v) is 4.27. The van der Waals surface area contributed by atoms with Crippen LogP contribution in [0.5, 0.6) is 0 Å². The van der Waals surface area contributed by atoms with E-state index in [1.165, 1.54) is 4.88 Å². The molecule has 2 amide bonds. The number of pyridine rings is 1. The molecular formula is C23H32N4O3S. The van der Waals surface area contributed by atoms with Crippen LogP contribution in [-0.4, -0.2) is 57.9 Å². The molecule has 0 spiro atoms. The monoisotopic (exact) mass is 444 g/mol. The highest BCUT2D eigenvalue weighted by atomic mass is 32.1. The molecule has 168 valence electrons. The molecule has 31 heavy (non-hydrogen) atoms. The van der Waals surface area contributed by atoms with E-state index in [2.05, 4.69) is 21.7 Å². The predicted molar refractivity (Wildman–Crippen MR) is 124 cm³/mol. The minimum atomic E-state index is -0.510. The van der Waals surface area contributed by atoms with Gasteiger partial charge in [0.15, 0.2) is 0 Å². The summed E-state index contributed by atoms with van der Waals surface area (Å²) in [5.74, 6) is -0.761. The zero-order valence-corrected chi connectivity index (χ0v) is 19.8. The number of nitrogens with zero attached hydrogens (tertiary/aromatic N) is 3. The maximum atomic E-state index is 13.2. The van der Waals surface area contributed by atoms with Gasteiger partial charge in [-0.2, -0.15) is 0 Å². The van der Waals surface area contributed by atoms with Crippen molar-refractivity contribution < 1.29 is 9.59 Å². The van der Waals surface area contributed by atoms with Crippen LogP contribution in [0, 0.1) is 0 Å². The maximum absolute atomic E-state index is 13.2. The lowest BCUT2D eigenvalue weighted by Crippen LogP contribution is -2.49. The normalized spacial score (nSPS) is 15.4. The fourth-order valence-electron chi connectivity index (χ4n) is 3.52. The quantitative estimate of drug-likeness (QED) is 0.769. The summed E-state index contributed by atoms with van der Waals surface area (Å²) in [6.45, 7) is 13.0. The molecule has 0 saturated carbocycles. The van der Waals surface area contributed by atoms with E-state index in [0.717, 1.165) is 19.6 Å². The summed E-state index contributed by atoms with van der Waals surface area (Å²) < 4.78 is 1.76. The first-order valence-electron chi connectivity index (χ1n) is 10.7. The van der Waals surface area contributed by atoms with E-state index in [4.69, 9.17) is 0 Å². The van der Waals surface area contributed by atoms with E-state index in [9.17, 15) is 14.4 Å². The standard InChI is InChI=1S/C23H32N4O3S/c1-16(2)27-14-18(21(29)24-23(3,4)5)20(28)19(15-27)22(30)26-10-8-25(9-11-26)13-17-7-6-12-31-17/h6-7,12,14-16H,8-11,13H2,1-5H3,(H,24,29). The Labute approximate surface area is 187 Å². The second-order valence-corrected chi connectivity index (χ2v) is 10.3. The number of amides is 2. The molecule has 0 bridgehead atoms. The van der Waals surface area contributed by atoms with Crippen LogP contribution < -0.4 is 10.7 Å². The Morgan fingerprint density at radius 1 is 1.10 bits per heavy atom. The van der Waals surface area contributed by atoms with Crippen LogP contribution in [0.3, 0.4) is 0 Å². The van der Waals surface area contributed by atoms with E-state index >= 15 is 0 Å². The number of thiophene rings is 1. The summed E-state index contributed by atoms with van der Waals surface area (Å²) in [6, 6.07) is 4.17. The number of carbonyl (C=O) groups excluding carboxylic acids is 2. The molecule has 7 nitrogen and oxygen atoms in total. The average molecular weight is 445 g/mol. The Kier molecular flexibility index (Phi) is 7.01. The summed E-state index contributed by atoms with van der Waals surface area (Å²) in [6.07, 6.45) is 3.13. The largest absolute Gasteiger partial charge is 0.350 e. The Hall–Kier alpha value is -2.45. The van der Waals surface area contributed by atoms with Gasteiger partial charge in [-0.25, -0.2) is 0 Å². The molecule has 3 rings (SSSR count). The van der Waals surface area contributed by atoms with Crippen LogP contribution in [0.2, 0.25) is 0 Å². The first-order valence-corrected chi connectivity index (χ1v) is 11.6. The van der Waals surface area contributed by atoms with Gasteiger partial charge >= 0.3 is 0 Å². The number of rotatable bonds is 5. The van der Waals surface area contributed by atoms with Gasteiger partial charge in [-0.15, -0.1) is 11.3 Å². The molecule has 1 aliphatic heterocycles. The number of hydrogen-bond acceptors (Lipinski definition) is 5. The first-order chi connectivity index (χ1) is 14.5. The van der Waals surface area contributed by atoms with Crippen LogP contribution in [0.4, 0.5) is 0 Å². The van der Waals surface area contributed by atoms with Crippen molar-refractivity contribution in [1.82, 2.24) is 19.7 Å². The molecule has 1 saturated heterocycles. The van der Waals surface area contributed by atoms with Crippen molar-refractivity contribution in [2.45, 2.75) is 52.7 Å². The topological polar surface area (TPSA) is 74.6 Å². The lowest BCUT2D eigenvalue weighted by Gasteiger charge is -2.34. The van der Waals surface area contributed by atoms with Crippen LogP contribution in [0.1, 0.15) is 66.3 Å². The van der Waals surface area contributed by atoms with Crippen LogP contribution in [0.25, 0.3) is 0 Å². The van der Waals surface area contributed by atoms with E-state index in [1.807, 2.05) is 40.7 Å². The van der Waals surface area contributed by atoms with Gasteiger partial charge in [0, 0.05) is 61.6 Å². The third-order valence-electron chi connectivity index (χ3n) is 5.22. The van der Waals surface area contributed by atoms with Crippen molar-refractivity contribution in [3.05, 3.63) is 56.1 Å². The molecular weight excluding hydrogens is 412 g/mol. The molecule has 0 unspecified atom stereocenters. The Bertz CT molecular complexity index is 981. The lowest BCUT2D eigenvalue weighted by molar-refractivity contribution is 0.0627. The zero-order chi connectivity index (χ0) is 22.8. The molecule has 0 radical (unpaired) electrons. The molecule has 1 fully saturated rings. The van der Waals surface area contributed by atoms with Crippen LogP contribution >= 0.6 is 11.3 Å². The third-order valence-corrected chi connectivity index (χ3v) is 6.09. The van der Waals surface area contributed by atoms with Gasteiger partial charge < -0.3 is 14.8 Å². The Morgan fingerprint density at radius 2 is 1.74 bits per heavy atom. The summed E-state index contributed by atoms with van der Waals surface area (Å²) >= 11 is 1.73. The van der Waals surface area contributed by atoms with E-state index in [1.54, 1.807) is 33.2 Å². The molecule has 1 N–H and O–H groups in total. The first kappa shape index (κ1) is 23.2. The highest BCUT2D eigenvalue weighted by Crippen LogP contribution is 2.15. The summed E-state index contributed by atoms with van der Waals surface area (Å²) in [5, 5.41) is 4.90. The van der Waals surface area contributed by atoms with Crippen molar-refractivity contribution >= 4 is 23.2 Å². The van der Waals surface area contributed by atoms with Crippen molar-refractivity contribution in [3.8, 4) is 0 Å². The van der Waals surface area contributed by atoms with Gasteiger partial charge in [0.2, 0.25) is 5.43 Å². The summed E-state index contributed by atoms with van der Waals surface area (Å²) in [5.41, 5.74) is -0.928. The van der Waals surface area contributed by atoms with Crippen molar-refractivity contribution in [2.75, 3.05) is 26.2 Å².